The monoisotopic (exact) mass is 261 g/mol. The standard InChI is InChI=1S/C13H8ClNOS/c14-16-11-7-3-1-5-9(11)13-15-10-6-2-4-8-12(10)17-13/h1-8H. The number of fused-ring (bicyclic) bond motifs is 1. The predicted octanol–water partition coefficient (Wildman–Crippen LogP) is 4.50. The lowest BCUT2D eigenvalue weighted by Crippen LogP contribution is -1.81. The number of hydrogen-bond acceptors (Lipinski definition) is 3. The van der Waals surface area contributed by atoms with Crippen LogP contribution in [0, 0.1) is 0 Å². The highest BCUT2D eigenvalue weighted by Crippen LogP contribution is 2.35. The average Bonchev–Trinajstić information content (AvgIpc) is 2.82. The van der Waals surface area contributed by atoms with Crippen LogP contribution < -0.4 is 4.29 Å². The van der Waals surface area contributed by atoms with Crippen molar-refractivity contribution in [1.82, 2.24) is 4.98 Å². The minimum Gasteiger partial charge on any atom is -0.385 e. The Kier molecular flexibility index (Phi) is 2.71. The van der Waals surface area contributed by atoms with Gasteiger partial charge < -0.3 is 4.29 Å². The first-order valence-corrected chi connectivity index (χ1v) is 6.24. The second kappa shape index (κ2) is 4.35. The Hall–Kier alpha value is -1.58. The Labute approximate surface area is 108 Å². The molecule has 0 aliphatic heterocycles. The number of thiazole rings is 1. The van der Waals surface area contributed by atoms with Gasteiger partial charge in [-0.2, -0.15) is 0 Å². The zero-order valence-electron chi connectivity index (χ0n) is 8.76. The third-order valence-electron chi connectivity index (χ3n) is 2.49. The number of hydrogen-bond donors (Lipinski definition) is 0. The van der Waals surface area contributed by atoms with Crippen molar-refractivity contribution < 1.29 is 4.29 Å². The van der Waals surface area contributed by atoms with Crippen molar-refractivity contribution in [3.8, 4) is 16.3 Å². The molecule has 0 bridgehead atoms. The van der Waals surface area contributed by atoms with Crippen molar-refractivity contribution in [2.24, 2.45) is 0 Å². The maximum Gasteiger partial charge on any atom is 0.156 e. The van der Waals surface area contributed by atoms with Crippen LogP contribution in [-0.2, 0) is 0 Å². The van der Waals surface area contributed by atoms with Crippen LogP contribution in [0.4, 0.5) is 0 Å². The van der Waals surface area contributed by atoms with E-state index in [4.69, 9.17) is 16.2 Å². The molecule has 17 heavy (non-hydrogen) atoms. The molecule has 84 valence electrons. The van der Waals surface area contributed by atoms with Gasteiger partial charge in [0.2, 0.25) is 0 Å². The minimum atomic E-state index is 0.633. The van der Waals surface area contributed by atoms with Crippen LogP contribution in [0.2, 0.25) is 0 Å². The lowest BCUT2D eigenvalue weighted by atomic mass is 10.2. The summed E-state index contributed by atoms with van der Waals surface area (Å²) in [5.74, 6) is 0.633. The fraction of sp³-hybridized carbons (Fsp3) is 0. The number of nitrogens with zero attached hydrogens (tertiary/aromatic N) is 1. The van der Waals surface area contributed by atoms with E-state index < -0.39 is 0 Å². The van der Waals surface area contributed by atoms with Crippen LogP contribution in [0.5, 0.6) is 5.75 Å². The molecule has 3 aromatic rings. The van der Waals surface area contributed by atoms with E-state index in [1.54, 1.807) is 11.3 Å². The van der Waals surface area contributed by atoms with Gasteiger partial charge in [-0.15, -0.1) is 11.3 Å². The Balaban J connectivity index is 2.20. The summed E-state index contributed by atoms with van der Waals surface area (Å²) >= 11 is 7.09. The summed E-state index contributed by atoms with van der Waals surface area (Å²) < 4.78 is 5.99. The summed E-state index contributed by atoms with van der Waals surface area (Å²) in [7, 11) is 0. The van der Waals surface area contributed by atoms with Gasteiger partial charge in [-0.3, -0.25) is 0 Å². The number of benzene rings is 2. The van der Waals surface area contributed by atoms with Gasteiger partial charge in [0, 0.05) is 0 Å². The van der Waals surface area contributed by atoms with Crippen molar-refractivity contribution in [3.63, 3.8) is 0 Å². The van der Waals surface area contributed by atoms with Gasteiger partial charge in [0.15, 0.2) is 5.75 Å². The van der Waals surface area contributed by atoms with Crippen LogP contribution in [-0.4, -0.2) is 4.98 Å². The average molecular weight is 262 g/mol. The molecule has 0 radical (unpaired) electrons. The largest absolute Gasteiger partial charge is 0.385 e. The van der Waals surface area contributed by atoms with Gasteiger partial charge in [0.1, 0.15) is 16.9 Å². The highest BCUT2D eigenvalue weighted by Gasteiger charge is 2.10. The van der Waals surface area contributed by atoms with Crippen LogP contribution >= 0.6 is 23.2 Å². The van der Waals surface area contributed by atoms with E-state index in [1.807, 2.05) is 42.5 Å². The van der Waals surface area contributed by atoms with Gasteiger partial charge in [-0.1, -0.05) is 24.3 Å². The topological polar surface area (TPSA) is 22.1 Å². The van der Waals surface area contributed by atoms with Crippen molar-refractivity contribution in [2.45, 2.75) is 0 Å². The van der Waals surface area contributed by atoms with E-state index in [9.17, 15) is 0 Å². The van der Waals surface area contributed by atoms with Crippen LogP contribution in [0.1, 0.15) is 0 Å². The van der Waals surface area contributed by atoms with E-state index in [2.05, 4.69) is 11.1 Å². The maximum atomic E-state index is 5.46. The molecule has 2 nitrogen and oxygen atoms in total. The molecule has 3 rings (SSSR count). The summed E-state index contributed by atoms with van der Waals surface area (Å²) in [5.41, 5.74) is 1.92. The van der Waals surface area contributed by atoms with Crippen LogP contribution in [0.25, 0.3) is 20.8 Å². The van der Waals surface area contributed by atoms with Crippen molar-refractivity contribution >= 4 is 33.4 Å². The van der Waals surface area contributed by atoms with Crippen molar-refractivity contribution in [3.05, 3.63) is 48.5 Å². The van der Waals surface area contributed by atoms with E-state index in [1.165, 1.54) is 0 Å². The Morgan fingerprint density at radius 1 is 1.00 bits per heavy atom. The van der Waals surface area contributed by atoms with Gasteiger partial charge in [-0.05, 0) is 24.3 Å². The molecule has 0 spiro atoms. The lowest BCUT2D eigenvalue weighted by Gasteiger charge is -2.01. The Bertz CT molecular complexity index is 632. The summed E-state index contributed by atoms with van der Waals surface area (Å²) in [5, 5.41) is 0.919. The summed E-state index contributed by atoms with van der Waals surface area (Å²) in [6.45, 7) is 0. The second-order valence-electron chi connectivity index (χ2n) is 3.56. The molecule has 0 saturated carbocycles. The zero-order valence-corrected chi connectivity index (χ0v) is 10.3. The number of halogens is 1. The SMILES string of the molecule is ClOc1ccccc1-c1nc2ccccc2s1. The Morgan fingerprint density at radius 2 is 1.76 bits per heavy atom. The zero-order chi connectivity index (χ0) is 11.7. The lowest BCUT2D eigenvalue weighted by molar-refractivity contribution is 0.621. The Morgan fingerprint density at radius 3 is 2.59 bits per heavy atom. The quantitative estimate of drug-likeness (QED) is 0.678. The first-order valence-electron chi connectivity index (χ1n) is 5.12. The van der Waals surface area contributed by atoms with Crippen LogP contribution in [0.15, 0.2) is 48.5 Å². The second-order valence-corrected chi connectivity index (χ2v) is 4.75. The molecule has 1 heterocycles. The number of aromatic nitrogens is 1. The minimum absolute atomic E-state index is 0.633. The molecule has 0 fully saturated rings. The first kappa shape index (κ1) is 10.6. The molecular formula is C13H8ClNOS. The third kappa shape index (κ3) is 1.88. The van der Waals surface area contributed by atoms with Crippen molar-refractivity contribution in [1.29, 1.82) is 0 Å². The van der Waals surface area contributed by atoms with E-state index in [0.29, 0.717) is 5.75 Å². The van der Waals surface area contributed by atoms with E-state index >= 15 is 0 Å². The van der Waals surface area contributed by atoms with Gasteiger partial charge >= 0.3 is 0 Å². The molecule has 0 saturated heterocycles. The molecule has 1 aromatic heterocycles. The summed E-state index contributed by atoms with van der Waals surface area (Å²) in [6.07, 6.45) is 0. The molecule has 0 unspecified atom stereocenters. The van der Waals surface area contributed by atoms with Gasteiger partial charge in [0.05, 0.1) is 15.8 Å². The molecule has 2 aromatic carbocycles. The number of para-hydroxylation sites is 2. The first-order chi connectivity index (χ1) is 8.38. The fourth-order valence-electron chi connectivity index (χ4n) is 1.70. The molecule has 4 heteroatoms. The van der Waals surface area contributed by atoms with Crippen molar-refractivity contribution in [2.75, 3.05) is 0 Å². The predicted molar refractivity (Wildman–Crippen MR) is 71.5 cm³/mol. The third-order valence-corrected chi connectivity index (χ3v) is 3.73. The molecular weight excluding hydrogens is 254 g/mol. The fourth-order valence-corrected chi connectivity index (χ4v) is 2.83. The molecule has 0 aliphatic carbocycles. The molecule has 0 atom stereocenters. The highest BCUT2D eigenvalue weighted by atomic mass is 35.5. The van der Waals surface area contributed by atoms with E-state index in [-0.39, 0.29) is 0 Å². The molecule has 0 aliphatic rings. The normalized spacial score (nSPS) is 10.6. The van der Waals surface area contributed by atoms with E-state index in [0.717, 1.165) is 20.8 Å². The highest BCUT2D eigenvalue weighted by molar-refractivity contribution is 7.21. The summed E-state index contributed by atoms with van der Waals surface area (Å²) in [6, 6.07) is 15.7. The van der Waals surface area contributed by atoms with Gasteiger partial charge in [0.25, 0.3) is 0 Å². The smallest absolute Gasteiger partial charge is 0.156 e. The van der Waals surface area contributed by atoms with Gasteiger partial charge in [-0.25, -0.2) is 4.98 Å². The maximum absolute atomic E-state index is 5.46. The number of rotatable bonds is 2. The molecule has 0 N–H and O–H groups in total. The summed E-state index contributed by atoms with van der Waals surface area (Å²) in [4.78, 5) is 4.57. The molecule has 0 amide bonds. The van der Waals surface area contributed by atoms with Crippen LogP contribution in [0.3, 0.4) is 0 Å².